The fourth-order valence-corrected chi connectivity index (χ4v) is 6.31. The first-order valence-corrected chi connectivity index (χ1v) is 13.9. The number of aliphatic carboxylic acids is 3. The van der Waals surface area contributed by atoms with E-state index in [0.29, 0.717) is 5.75 Å². The van der Waals surface area contributed by atoms with Crippen molar-refractivity contribution < 1.29 is 39.2 Å². The quantitative estimate of drug-likeness (QED) is 0.129. The average Bonchev–Trinajstić information content (AvgIpc) is 2.85. The number of carboxylic acids is 3. The highest BCUT2D eigenvalue weighted by Gasteiger charge is 2.63. The number of ether oxygens (including phenoxy) is 1. The van der Waals surface area contributed by atoms with Gasteiger partial charge in [0.05, 0.1) is 23.7 Å². The van der Waals surface area contributed by atoms with Crippen molar-refractivity contribution in [1.82, 2.24) is 5.32 Å². The van der Waals surface area contributed by atoms with Crippen LogP contribution < -0.4 is 11.1 Å². The Balaban J connectivity index is 7.41. The second-order valence-electron chi connectivity index (χ2n) is 11.5. The molecule has 1 amide bonds. The van der Waals surface area contributed by atoms with E-state index in [1.165, 1.54) is 7.11 Å². The molecule has 0 fully saturated rings. The van der Waals surface area contributed by atoms with E-state index in [2.05, 4.69) is 17.9 Å². The lowest BCUT2D eigenvalue weighted by molar-refractivity contribution is -0.185. The molecule has 0 aliphatic rings. The summed E-state index contributed by atoms with van der Waals surface area (Å²) in [5.41, 5.74) is 2.28. The monoisotopic (exact) mass is 562 g/mol. The number of thiol groups is 1. The van der Waals surface area contributed by atoms with Crippen LogP contribution in [0.5, 0.6) is 0 Å². The summed E-state index contributed by atoms with van der Waals surface area (Å²) < 4.78 is 5.17. The van der Waals surface area contributed by atoms with Crippen molar-refractivity contribution in [3.63, 3.8) is 0 Å². The molecule has 0 radical (unpaired) electrons. The molecule has 0 saturated heterocycles. The number of rotatable bonds is 19. The van der Waals surface area contributed by atoms with Gasteiger partial charge >= 0.3 is 17.9 Å². The van der Waals surface area contributed by atoms with Crippen molar-refractivity contribution in [2.45, 2.75) is 67.7 Å². The molecule has 0 aromatic carbocycles. The normalized spacial score (nSPS) is 19.2. The molecule has 7 unspecified atom stereocenters. The van der Waals surface area contributed by atoms with Gasteiger partial charge in [-0.3, -0.25) is 19.2 Å². The lowest BCUT2D eigenvalue weighted by atomic mass is 9.46. The van der Waals surface area contributed by atoms with Crippen molar-refractivity contribution in [2.24, 2.45) is 51.6 Å². The second kappa shape index (κ2) is 15.1. The topological polar surface area (TPSA) is 176 Å². The van der Waals surface area contributed by atoms with E-state index in [0.717, 1.165) is 0 Å². The molecule has 11 heteroatoms. The summed E-state index contributed by atoms with van der Waals surface area (Å²) in [6.07, 6.45) is 0.648. The fraction of sp³-hybridized carbons (Fsp3) is 0.852. The molecule has 0 aliphatic carbocycles. The van der Waals surface area contributed by atoms with Crippen LogP contribution in [-0.2, 0) is 23.9 Å². The number of hydrogen-bond donors (Lipinski definition) is 6. The van der Waals surface area contributed by atoms with Gasteiger partial charge in [-0.2, -0.15) is 12.6 Å². The molecule has 0 bridgehead atoms. The molecule has 38 heavy (non-hydrogen) atoms. The first kappa shape index (κ1) is 36.1. The van der Waals surface area contributed by atoms with Crippen molar-refractivity contribution in [1.29, 1.82) is 0 Å². The fourth-order valence-electron chi connectivity index (χ4n) is 6.19. The molecule has 0 heterocycles. The Morgan fingerprint density at radius 3 is 1.68 bits per heavy atom. The zero-order valence-corrected chi connectivity index (χ0v) is 25.1. The van der Waals surface area contributed by atoms with Crippen molar-refractivity contribution >= 4 is 36.4 Å². The van der Waals surface area contributed by atoms with Gasteiger partial charge in [-0.15, -0.1) is 0 Å². The molecule has 10 nitrogen and oxygen atoms in total. The Hall–Kier alpha value is -1.85. The average molecular weight is 563 g/mol. The highest BCUT2D eigenvalue weighted by atomic mass is 32.1. The maximum Gasteiger partial charge on any atom is 0.307 e. The van der Waals surface area contributed by atoms with Crippen LogP contribution >= 0.6 is 12.6 Å². The highest BCUT2D eigenvalue weighted by Crippen LogP contribution is 2.60. The number of nitrogens with two attached hydrogens (primary N) is 1. The lowest BCUT2D eigenvalue weighted by Crippen LogP contribution is -2.60. The van der Waals surface area contributed by atoms with Gasteiger partial charge in [0.25, 0.3) is 0 Å². The number of carbonyl (C=O) groups is 4. The first-order valence-electron chi connectivity index (χ1n) is 13.2. The standard InChI is InChI=1S/C27H50N2O8S/c1-9-26(6,18(22(31)32)17(16(3)15-28)21(30)29-12-14-38)27(7,10-2)20(24(35)36)19(23(33)34)25(4,5)11-13-37-8/h16-20,38H,9-15,28H2,1-8H3,(H,29,30)(H,31,32)(H,33,34)(H,35,36). The van der Waals surface area contributed by atoms with Crippen molar-refractivity contribution in [2.75, 3.05) is 32.6 Å². The molecule has 0 aliphatic heterocycles. The third kappa shape index (κ3) is 7.63. The molecule has 0 aromatic heterocycles. The zero-order chi connectivity index (χ0) is 30.1. The molecule has 0 spiro atoms. The number of hydrogen-bond acceptors (Lipinski definition) is 7. The summed E-state index contributed by atoms with van der Waals surface area (Å²) in [5, 5.41) is 34.3. The Labute approximate surface area is 232 Å². The highest BCUT2D eigenvalue weighted by molar-refractivity contribution is 7.80. The zero-order valence-electron chi connectivity index (χ0n) is 24.2. The third-order valence-corrected chi connectivity index (χ3v) is 9.35. The SMILES string of the molecule is CCC(C)(C(C(=O)O)C(C(=O)NCCS)C(C)CN)C(C)(CC)C(C(=O)O)C(C(=O)O)C(C)(C)CCOC. The minimum Gasteiger partial charge on any atom is -0.481 e. The van der Waals surface area contributed by atoms with Gasteiger partial charge in [-0.25, -0.2) is 0 Å². The summed E-state index contributed by atoms with van der Waals surface area (Å²) in [6, 6.07) is 0. The van der Waals surface area contributed by atoms with E-state index < -0.39 is 69.6 Å². The predicted molar refractivity (Wildman–Crippen MR) is 149 cm³/mol. The summed E-state index contributed by atoms with van der Waals surface area (Å²) in [5.74, 6) is -9.77. The number of carbonyl (C=O) groups excluding carboxylic acids is 1. The molecule has 0 saturated carbocycles. The summed E-state index contributed by atoms with van der Waals surface area (Å²) in [7, 11) is 1.49. The summed E-state index contributed by atoms with van der Waals surface area (Å²) in [6.45, 7) is 12.4. The van der Waals surface area contributed by atoms with Crippen LogP contribution in [0.1, 0.15) is 67.7 Å². The Morgan fingerprint density at radius 2 is 1.34 bits per heavy atom. The van der Waals surface area contributed by atoms with E-state index in [1.807, 2.05) is 0 Å². The number of amides is 1. The maximum atomic E-state index is 13.4. The first-order chi connectivity index (χ1) is 17.5. The van der Waals surface area contributed by atoms with Crippen LogP contribution in [0, 0.1) is 45.8 Å². The van der Waals surface area contributed by atoms with E-state index in [-0.39, 0.29) is 39.0 Å². The third-order valence-electron chi connectivity index (χ3n) is 9.13. The molecule has 6 N–H and O–H groups in total. The number of methoxy groups -OCH3 is 1. The Bertz CT molecular complexity index is 823. The van der Waals surface area contributed by atoms with E-state index in [1.54, 1.807) is 48.5 Å². The Morgan fingerprint density at radius 1 is 0.895 bits per heavy atom. The molecular weight excluding hydrogens is 512 g/mol. The van der Waals surface area contributed by atoms with Gasteiger partial charge in [-0.05, 0) is 48.0 Å². The predicted octanol–water partition coefficient (Wildman–Crippen LogP) is 3.24. The van der Waals surface area contributed by atoms with E-state index in [9.17, 15) is 34.5 Å². The van der Waals surface area contributed by atoms with Crippen LogP contribution in [0.15, 0.2) is 0 Å². The number of carboxylic acid groups (broad SMARTS) is 3. The van der Waals surface area contributed by atoms with Gasteiger partial charge in [-0.1, -0.05) is 48.5 Å². The molecule has 0 rings (SSSR count). The lowest BCUT2D eigenvalue weighted by Gasteiger charge is -2.56. The molecule has 7 atom stereocenters. The molecular formula is C27H50N2O8S. The van der Waals surface area contributed by atoms with Gasteiger partial charge in [0.2, 0.25) is 5.91 Å². The number of nitrogens with one attached hydrogen (secondary N) is 1. The second-order valence-corrected chi connectivity index (χ2v) is 11.9. The summed E-state index contributed by atoms with van der Waals surface area (Å²) >= 11 is 4.12. The van der Waals surface area contributed by atoms with Crippen molar-refractivity contribution in [3.05, 3.63) is 0 Å². The largest absolute Gasteiger partial charge is 0.481 e. The van der Waals surface area contributed by atoms with Gasteiger partial charge < -0.3 is 31.1 Å². The van der Waals surface area contributed by atoms with E-state index in [4.69, 9.17) is 10.5 Å². The van der Waals surface area contributed by atoms with Crippen LogP contribution in [0.2, 0.25) is 0 Å². The maximum absolute atomic E-state index is 13.4. The van der Waals surface area contributed by atoms with Gasteiger partial charge in [0.1, 0.15) is 0 Å². The van der Waals surface area contributed by atoms with Crippen LogP contribution in [0.3, 0.4) is 0 Å². The molecule has 0 aromatic rings. The van der Waals surface area contributed by atoms with Gasteiger partial charge in [0.15, 0.2) is 0 Å². The van der Waals surface area contributed by atoms with Crippen LogP contribution in [0.4, 0.5) is 0 Å². The minimum atomic E-state index is -1.46. The van der Waals surface area contributed by atoms with E-state index >= 15 is 0 Å². The van der Waals surface area contributed by atoms with Gasteiger partial charge in [0, 0.05) is 26.0 Å². The summed E-state index contributed by atoms with van der Waals surface area (Å²) in [4.78, 5) is 52.1. The minimum absolute atomic E-state index is 0.0372. The van der Waals surface area contributed by atoms with Crippen molar-refractivity contribution in [3.8, 4) is 0 Å². The van der Waals surface area contributed by atoms with Crippen LogP contribution in [-0.4, -0.2) is 71.7 Å². The molecule has 222 valence electrons. The van der Waals surface area contributed by atoms with Crippen LogP contribution in [0.25, 0.3) is 0 Å². The smallest absolute Gasteiger partial charge is 0.307 e. The Kier molecular flexibility index (Phi) is 14.3.